The predicted octanol–water partition coefficient (Wildman–Crippen LogP) is 3.67. The van der Waals surface area contributed by atoms with E-state index in [9.17, 15) is 9.90 Å². The van der Waals surface area contributed by atoms with Gasteiger partial charge in [0.1, 0.15) is 5.82 Å². The molecule has 1 fully saturated rings. The first-order valence-electron chi connectivity index (χ1n) is 7.54. The molecule has 4 nitrogen and oxygen atoms in total. The van der Waals surface area contributed by atoms with Gasteiger partial charge in [-0.25, -0.2) is 9.78 Å². The van der Waals surface area contributed by atoms with Crippen molar-refractivity contribution in [3.8, 4) is 0 Å². The van der Waals surface area contributed by atoms with Crippen LogP contribution in [0.2, 0.25) is 0 Å². The molecule has 1 aliphatic rings. The van der Waals surface area contributed by atoms with Gasteiger partial charge in [0, 0.05) is 18.3 Å². The highest BCUT2D eigenvalue weighted by atomic mass is 16.4. The highest BCUT2D eigenvalue weighted by Gasteiger charge is 2.30. The second-order valence-corrected chi connectivity index (χ2v) is 5.88. The van der Waals surface area contributed by atoms with Gasteiger partial charge in [-0.3, -0.25) is 0 Å². The lowest BCUT2D eigenvalue weighted by molar-refractivity contribution is 0.0696. The second-order valence-electron chi connectivity index (χ2n) is 5.88. The Labute approximate surface area is 120 Å². The number of carboxylic acids is 1. The number of rotatable bonds is 7. The molecule has 0 bridgehead atoms. The molecule has 0 amide bonds. The third-order valence-electron chi connectivity index (χ3n) is 3.70. The van der Waals surface area contributed by atoms with Gasteiger partial charge in [0.2, 0.25) is 0 Å². The largest absolute Gasteiger partial charge is 0.478 e. The minimum Gasteiger partial charge on any atom is -0.478 e. The normalized spacial score (nSPS) is 14.6. The second kappa shape index (κ2) is 6.25. The molecule has 0 radical (unpaired) electrons. The molecule has 1 aromatic heterocycles. The zero-order valence-corrected chi connectivity index (χ0v) is 12.6. The van der Waals surface area contributed by atoms with Gasteiger partial charge in [-0.2, -0.15) is 0 Å². The molecule has 0 unspecified atom stereocenters. The lowest BCUT2D eigenvalue weighted by atomic mass is 10.1. The van der Waals surface area contributed by atoms with Gasteiger partial charge >= 0.3 is 5.97 Å². The Hall–Kier alpha value is -1.58. The minimum atomic E-state index is -0.873. The number of nitrogens with zero attached hydrogens (tertiary/aromatic N) is 2. The first-order chi connectivity index (χ1) is 9.52. The van der Waals surface area contributed by atoms with E-state index >= 15 is 0 Å². The van der Waals surface area contributed by atoms with Gasteiger partial charge in [-0.15, -0.1) is 0 Å². The highest BCUT2D eigenvalue weighted by molar-refractivity contribution is 5.88. The molecular weight excluding hydrogens is 252 g/mol. The number of carboxylic acid groups (broad SMARTS) is 1. The fourth-order valence-electron chi connectivity index (χ4n) is 2.30. The Morgan fingerprint density at radius 1 is 1.45 bits per heavy atom. The molecule has 1 heterocycles. The monoisotopic (exact) mass is 276 g/mol. The molecule has 1 aliphatic carbocycles. The lowest BCUT2D eigenvalue weighted by Gasteiger charge is -2.24. The molecule has 2 rings (SSSR count). The van der Waals surface area contributed by atoms with Gasteiger partial charge in [0.25, 0.3) is 0 Å². The van der Waals surface area contributed by atoms with E-state index in [0.717, 1.165) is 30.9 Å². The summed E-state index contributed by atoms with van der Waals surface area (Å²) in [4.78, 5) is 18.3. The third-order valence-corrected chi connectivity index (χ3v) is 3.70. The fraction of sp³-hybridized carbons (Fsp3) is 0.625. The number of aromatic nitrogens is 1. The average Bonchev–Trinajstić information content (AvgIpc) is 3.23. The van der Waals surface area contributed by atoms with E-state index in [1.165, 1.54) is 12.8 Å². The quantitative estimate of drug-likeness (QED) is 0.825. The van der Waals surface area contributed by atoms with Crippen LogP contribution in [0, 0.1) is 0 Å². The molecule has 0 aromatic carbocycles. The highest BCUT2D eigenvalue weighted by Crippen LogP contribution is 2.32. The molecule has 0 atom stereocenters. The van der Waals surface area contributed by atoms with Crippen LogP contribution in [-0.4, -0.2) is 28.6 Å². The van der Waals surface area contributed by atoms with Crippen molar-refractivity contribution < 1.29 is 9.90 Å². The summed E-state index contributed by atoms with van der Waals surface area (Å²) in [6.45, 7) is 7.23. The summed E-state index contributed by atoms with van der Waals surface area (Å²) >= 11 is 0. The predicted molar refractivity (Wildman–Crippen MR) is 80.6 cm³/mol. The molecule has 1 N–H and O–H groups in total. The topological polar surface area (TPSA) is 53.4 Å². The molecule has 4 heteroatoms. The maximum absolute atomic E-state index is 11.3. The van der Waals surface area contributed by atoms with Crippen molar-refractivity contribution in [2.45, 2.75) is 58.4 Å². The summed E-state index contributed by atoms with van der Waals surface area (Å²) in [7, 11) is 0. The Bertz CT molecular complexity index is 481. The van der Waals surface area contributed by atoms with E-state index in [1.807, 2.05) is 13.8 Å². The maximum Gasteiger partial charge on any atom is 0.335 e. The minimum absolute atomic E-state index is 0.236. The molecule has 1 saturated carbocycles. The van der Waals surface area contributed by atoms with Crippen LogP contribution >= 0.6 is 0 Å². The number of unbranched alkanes of at least 4 members (excludes halogenated alkanes) is 1. The van der Waals surface area contributed by atoms with Crippen LogP contribution in [0.3, 0.4) is 0 Å². The Morgan fingerprint density at radius 2 is 2.15 bits per heavy atom. The van der Waals surface area contributed by atoms with Crippen molar-refractivity contribution in [1.29, 1.82) is 0 Å². The lowest BCUT2D eigenvalue weighted by Crippen LogP contribution is -2.28. The van der Waals surface area contributed by atoms with Crippen LogP contribution in [-0.2, 0) is 0 Å². The molecule has 0 saturated heterocycles. The number of aromatic carboxylic acids is 1. The maximum atomic E-state index is 11.3. The van der Waals surface area contributed by atoms with Crippen LogP contribution in [0.25, 0.3) is 0 Å². The van der Waals surface area contributed by atoms with Crippen LogP contribution in [0.4, 0.5) is 5.82 Å². The molecule has 110 valence electrons. The molecule has 1 aromatic rings. The summed E-state index contributed by atoms with van der Waals surface area (Å²) in [6.07, 6.45) is 4.64. The summed E-state index contributed by atoms with van der Waals surface area (Å²) in [6, 6.07) is 3.97. The molecular formula is C16H24N2O2. The van der Waals surface area contributed by atoms with Crippen molar-refractivity contribution in [3.63, 3.8) is 0 Å². The van der Waals surface area contributed by atoms with Crippen LogP contribution in [0.1, 0.15) is 68.4 Å². The van der Waals surface area contributed by atoms with E-state index in [1.54, 1.807) is 12.1 Å². The van der Waals surface area contributed by atoms with Gasteiger partial charge in [0.05, 0.1) is 5.56 Å². The number of anilines is 1. The van der Waals surface area contributed by atoms with Crippen LogP contribution in [0.5, 0.6) is 0 Å². The van der Waals surface area contributed by atoms with Crippen LogP contribution in [0.15, 0.2) is 12.1 Å². The smallest absolute Gasteiger partial charge is 0.335 e. The summed E-state index contributed by atoms with van der Waals surface area (Å²) in [5.74, 6) is 0.201. The third kappa shape index (κ3) is 3.50. The van der Waals surface area contributed by atoms with Gasteiger partial charge < -0.3 is 10.0 Å². The van der Waals surface area contributed by atoms with E-state index in [4.69, 9.17) is 4.98 Å². The SMILES string of the molecule is CCCCN(c1cc(C(=O)O)cc(C(C)C)n1)C1CC1. The number of carbonyl (C=O) groups is 1. The zero-order valence-electron chi connectivity index (χ0n) is 12.6. The van der Waals surface area contributed by atoms with E-state index in [0.29, 0.717) is 11.6 Å². The number of hydrogen-bond acceptors (Lipinski definition) is 3. The Kier molecular flexibility index (Phi) is 4.63. The molecule has 0 spiro atoms. The zero-order chi connectivity index (χ0) is 14.7. The van der Waals surface area contributed by atoms with Gasteiger partial charge in [-0.1, -0.05) is 27.2 Å². The van der Waals surface area contributed by atoms with Crippen molar-refractivity contribution in [2.75, 3.05) is 11.4 Å². The first-order valence-corrected chi connectivity index (χ1v) is 7.54. The number of hydrogen-bond donors (Lipinski definition) is 1. The Morgan fingerprint density at radius 3 is 2.65 bits per heavy atom. The standard InChI is InChI=1S/C16H24N2O2/c1-4-5-8-18(13-6-7-13)15-10-12(16(19)20)9-14(17-15)11(2)3/h9-11,13H,4-8H2,1-3H3,(H,19,20). The Balaban J connectivity index is 2.34. The molecule has 0 aliphatic heterocycles. The average molecular weight is 276 g/mol. The van der Waals surface area contributed by atoms with Crippen molar-refractivity contribution >= 4 is 11.8 Å². The first kappa shape index (κ1) is 14.8. The van der Waals surface area contributed by atoms with E-state index in [2.05, 4.69) is 11.8 Å². The van der Waals surface area contributed by atoms with E-state index in [-0.39, 0.29) is 5.92 Å². The summed E-state index contributed by atoms with van der Waals surface area (Å²) in [5, 5.41) is 9.28. The fourth-order valence-corrected chi connectivity index (χ4v) is 2.30. The van der Waals surface area contributed by atoms with Crippen LogP contribution < -0.4 is 4.90 Å². The van der Waals surface area contributed by atoms with Crippen molar-refractivity contribution in [2.24, 2.45) is 0 Å². The molecule has 20 heavy (non-hydrogen) atoms. The van der Waals surface area contributed by atoms with Crippen molar-refractivity contribution in [1.82, 2.24) is 4.98 Å². The summed E-state index contributed by atoms with van der Waals surface area (Å²) in [5.41, 5.74) is 1.21. The van der Waals surface area contributed by atoms with E-state index < -0.39 is 5.97 Å². The number of pyridine rings is 1. The van der Waals surface area contributed by atoms with Gasteiger partial charge in [-0.05, 0) is 37.3 Å². The van der Waals surface area contributed by atoms with Gasteiger partial charge in [0.15, 0.2) is 0 Å². The summed E-state index contributed by atoms with van der Waals surface area (Å²) < 4.78 is 0. The van der Waals surface area contributed by atoms with Crippen molar-refractivity contribution in [3.05, 3.63) is 23.4 Å².